The maximum absolute atomic E-state index is 2.28. The quantitative estimate of drug-likeness (QED) is 0.718. The minimum atomic E-state index is 0.711. The van der Waals surface area contributed by atoms with Crippen molar-refractivity contribution >= 4 is 0 Å². The highest BCUT2D eigenvalue weighted by molar-refractivity contribution is 5.36. The Morgan fingerprint density at radius 1 is 0.778 bits per heavy atom. The Bertz CT molecular complexity index is 509. The van der Waals surface area contributed by atoms with Crippen molar-refractivity contribution in [2.24, 2.45) is 5.92 Å². The van der Waals surface area contributed by atoms with Crippen LogP contribution < -0.4 is 0 Å². The molecule has 0 aliphatic heterocycles. The number of hydrogen-bond donors (Lipinski definition) is 0. The summed E-state index contributed by atoms with van der Waals surface area (Å²) in [5.41, 5.74) is 5.79. The summed E-state index contributed by atoms with van der Waals surface area (Å²) in [6.07, 6.45) is 2.22. The van der Waals surface area contributed by atoms with Crippen LogP contribution in [0.4, 0.5) is 0 Å². The van der Waals surface area contributed by atoms with E-state index >= 15 is 0 Å². The molecule has 2 rings (SSSR count). The molecule has 0 nitrogen and oxygen atoms in total. The molecule has 0 fully saturated rings. The molecule has 0 saturated carbocycles. The minimum absolute atomic E-state index is 0.711. The maximum atomic E-state index is 2.28. The monoisotopic (exact) mass is 238 g/mol. The van der Waals surface area contributed by atoms with Crippen LogP contribution in [-0.2, 0) is 12.8 Å². The maximum Gasteiger partial charge on any atom is -0.00204 e. The molecule has 0 heteroatoms. The molecule has 0 radical (unpaired) electrons. The molecule has 0 amide bonds. The average molecular weight is 238 g/mol. The molecule has 0 saturated heterocycles. The highest BCUT2D eigenvalue weighted by Crippen LogP contribution is 2.19. The summed E-state index contributed by atoms with van der Waals surface area (Å²) in [6.45, 7) is 6.76. The van der Waals surface area contributed by atoms with Gasteiger partial charge < -0.3 is 0 Å². The van der Waals surface area contributed by atoms with E-state index in [4.69, 9.17) is 0 Å². The lowest BCUT2D eigenvalue weighted by Crippen LogP contribution is -2.01. The smallest absolute Gasteiger partial charge is 0.00204 e. The molecule has 0 aliphatic carbocycles. The van der Waals surface area contributed by atoms with Gasteiger partial charge in [0.05, 0.1) is 0 Å². The fourth-order valence-corrected chi connectivity index (χ4v) is 2.38. The molecule has 2 aromatic carbocycles. The zero-order chi connectivity index (χ0) is 13.0. The van der Waals surface area contributed by atoms with Gasteiger partial charge in [-0.05, 0) is 47.9 Å². The average Bonchev–Trinajstić information content (AvgIpc) is 2.34. The summed E-state index contributed by atoms with van der Waals surface area (Å²) in [7, 11) is 0. The first-order valence-electron chi connectivity index (χ1n) is 6.78. The lowest BCUT2D eigenvalue weighted by Gasteiger charge is -2.12. The van der Waals surface area contributed by atoms with Crippen LogP contribution >= 0.6 is 0 Å². The standard InChI is InChI=1S/C18H22/c1-14(2)12-17-10-6-7-11-18(17)13-16-9-5-4-8-15(16)3/h4-11,14H,12-13H2,1-3H3. The summed E-state index contributed by atoms with van der Waals surface area (Å²) < 4.78 is 0. The van der Waals surface area contributed by atoms with E-state index in [-0.39, 0.29) is 0 Å². The van der Waals surface area contributed by atoms with Crippen molar-refractivity contribution in [3.63, 3.8) is 0 Å². The third kappa shape index (κ3) is 3.22. The molecule has 0 N–H and O–H groups in total. The Labute approximate surface area is 111 Å². The molecule has 94 valence electrons. The topological polar surface area (TPSA) is 0 Å². The van der Waals surface area contributed by atoms with Crippen LogP contribution in [0.5, 0.6) is 0 Å². The largest absolute Gasteiger partial charge is 0.0625 e. The third-order valence-electron chi connectivity index (χ3n) is 3.39. The summed E-state index contributed by atoms with van der Waals surface area (Å²) >= 11 is 0. The summed E-state index contributed by atoms with van der Waals surface area (Å²) in [5, 5.41) is 0. The highest BCUT2D eigenvalue weighted by atomic mass is 14.1. The van der Waals surface area contributed by atoms with Gasteiger partial charge in [-0.15, -0.1) is 0 Å². The first-order chi connectivity index (χ1) is 8.66. The van der Waals surface area contributed by atoms with E-state index in [2.05, 4.69) is 69.3 Å². The van der Waals surface area contributed by atoms with E-state index in [9.17, 15) is 0 Å². The van der Waals surface area contributed by atoms with Gasteiger partial charge in [-0.1, -0.05) is 62.4 Å². The Balaban J connectivity index is 2.26. The van der Waals surface area contributed by atoms with Gasteiger partial charge in [0, 0.05) is 0 Å². The molecule has 18 heavy (non-hydrogen) atoms. The molecule has 0 heterocycles. The second-order valence-corrected chi connectivity index (χ2v) is 5.47. The van der Waals surface area contributed by atoms with Crippen molar-refractivity contribution in [3.8, 4) is 0 Å². The van der Waals surface area contributed by atoms with E-state index in [0.29, 0.717) is 5.92 Å². The van der Waals surface area contributed by atoms with E-state index in [0.717, 1.165) is 6.42 Å². The van der Waals surface area contributed by atoms with Crippen molar-refractivity contribution in [3.05, 3.63) is 70.8 Å². The van der Waals surface area contributed by atoms with Gasteiger partial charge in [-0.2, -0.15) is 0 Å². The fraction of sp³-hybridized carbons (Fsp3) is 0.333. The second-order valence-electron chi connectivity index (χ2n) is 5.47. The lowest BCUT2D eigenvalue weighted by atomic mass is 9.93. The van der Waals surface area contributed by atoms with Crippen molar-refractivity contribution < 1.29 is 0 Å². The highest BCUT2D eigenvalue weighted by Gasteiger charge is 2.06. The van der Waals surface area contributed by atoms with Crippen molar-refractivity contribution in [2.75, 3.05) is 0 Å². The molecular weight excluding hydrogens is 216 g/mol. The zero-order valence-electron chi connectivity index (χ0n) is 11.6. The summed E-state index contributed by atoms with van der Waals surface area (Å²) in [4.78, 5) is 0. The Kier molecular flexibility index (Phi) is 4.19. The van der Waals surface area contributed by atoms with Gasteiger partial charge in [-0.25, -0.2) is 0 Å². The summed E-state index contributed by atoms with van der Waals surface area (Å²) in [6, 6.07) is 17.5. The zero-order valence-corrected chi connectivity index (χ0v) is 11.6. The van der Waals surface area contributed by atoms with Crippen LogP contribution in [-0.4, -0.2) is 0 Å². The molecule has 0 bridgehead atoms. The van der Waals surface area contributed by atoms with Crippen molar-refractivity contribution in [1.29, 1.82) is 0 Å². The SMILES string of the molecule is Cc1ccccc1Cc1ccccc1CC(C)C. The Morgan fingerprint density at radius 3 is 1.94 bits per heavy atom. The molecule has 0 unspecified atom stereocenters. The van der Waals surface area contributed by atoms with Crippen LogP contribution in [0, 0.1) is 12.8 Å². The van der Waals surface area contributed by atoms with Gasteiger partial charge in [0.2, 0.25) is 0 Å². The molecule has 0 aliphatic rings. The number of benzene rings is 2. The predicted molar refractivity (Wildman–Crippen MR) is 79.0 cm³/mol. The number of hydrogen-bond acceptors (Lipinski definition) is 0. The van der Waals surface area contributed by atoms with Crippen LogP contribution in [0.2, 0.25) is 0 Å². The van der Waals surface area contributed by atoms with Crippen LogP contribution in [0.25, 0.3) is 0 Å². The van der Waals surface area contributed by atoms with Gasteiger partial charge in [0.15, 0.2) is 0 Å². The van der Waals surface area contributed by atoms with Crippen LogP contribution in [0.3, 0.4) is 0 Å². The Hall–Kier alpha value is -1.56. The van der Waals surface area contributed by atoms with E-state index in [1.165, 1.54) is 28.7 Å². The Morgan fingerprint density at radius 2 is 1.33 bits per heavy atom. The van der Waals surface area contributed by atoms with Crippen LogP contribution in [0.1, 0.15) is 36.1 Å². The number of rotatable bonds is 4. The van der Waals surface area contributed by atoms with Crippen molar-refractivity contribution in [1.82, 2.24) is 0 Å². The fourth-order valence-electron chi connectivity index (χ4n) is 2.38. The lowest BCUT2D eigenvalue weighted by molar-refractivity contribution is 0.643. The molecular formula is C18H22. The van der Waals surface area contributed by atoms with Gasteiger partial charge in [0.1, 0.15) is 0 Å². The minimum Gasteiger partial charge on any atom is -0.0625 e. The normalized spacial score (nSPS) is 10.9. The molecule has 0 spiro atoms. The molecule has 0 atom stereocenters. The van der Waals surface area contributed by atoms with Crippen molar-refractivity contribution in [2.45, 2.75) is 33.6 Å². The third-order valence-corrected chi connectivity index (χ3v) is 3.39. The van der Waals surface area contributed by atoms with Gasteiger partial charge in [-0.3, -0.25) is 0 Å². The summed E-state index contributed by atoms with van der Waals surface area (Å²) in [5.74, 6) is 0.711. The molecule has 2 aromatic rings. The first-order valence-corrected chi connectivity index (χ1v) is 6.78. The van der Waals surface area contributed by atoms with Crippen LogP contribution in [0.15, 0.2) is 48.5 Å². The van der Waals surface area contributed by atoms with Gasteiger partial charge in [0.25, 0.3) is 0 Å². The molecule has 0 aromatic heterocycles. The van der Waals surface area contributed by atoms with E-state index < -0.39 is 0 Å². The second kappa shape index (κ2) is 5.86. The van der Waals surface area contributed by atoms with E-state index in [1.54, 1.807) is 0 Å². The van der Waals surface area contributed by atoms with Gasteiger partial charge >= 0.3 is 0 Å². The van der Waals surface area contributed by atoms with E-state index in [1.807, 2.05) is 0 Å². The predicted octanol–water partition coefficient (Wildman–Crippen LogP) is 4.78. The number of aryl methyl sites for hydroxylation is 1. The first kappa shape index (κ1) is 12.9.